The Morgan fingerprint density at radius 3 is 2.62 bits per heavy atom. The molecule has 2 atom stereocenters. The summed E-state index contributed by atoms with van der Waals surface area (Å²) < 4.78 is 12.8. The van der Waals surface area contributed by atoms with Crippen LogP contribution < -0.4 is 5.32 Å². The Balaban J connectivity index is 2.23. The van der Waals surface area contributed by atoms with Gasteiger partial charge in [-0.05, 0) is 18.6 Å². The summed E-state index contributed by atoms with van der Waals surface area (Å²) in [5.74, 6) is -0.450. The summed E-state index contributed by atoms with van der Waals surface area (Å²) in [5, 5.41) is 2.48. The second kappa shape index (κ2) is 8.47. The summed E-state index contributed by atoms with van der Waals surface area (Å²) in [6.45, 7) is -0.408. The molecular formula is C10H12Cl3NO5S2. The number of thiocarbonyl (C=S) groups is 1. The molecule has 1 rings (SSSR count). The van der Waals surface area contributed by atoms with Crippen LogP contribution >= 0.6 is 58.8 Å². The molecule has 0 aromatic rings. The number of rotatable bonds is 5. The van der Waals surface area contributed by atoms with Gasteiger partial charge in [0, 0.05) is 0 Å². The van der Waals surface area contributed by atoms with Gasteiger partial charge in [-0.15, -0.1) is 0 Å². The molecule has 21 heavy (non-hydrogen) atoms. The third kappa shape index (κ3) is 7.10. The van der Waals surface area contributed by atoms with Crippen LogP contribution in [0.5, 0.6) is 0 Å². The van der Waals surface area contributed by atoms with Crippen LogP contribution in [-0.2, 0) is 19.0 Å². The molecule has 11 heteroatoms. The summed E-state index contributed by atoms with van der Waals surface area (Å²) in [5.41, 5.74) is 0. The van der Waals surface area contributed by atoms with Crippen molar-refractivity contribution in [1.29, 1.82) is 0 Å². The molecule has 1 fully saturated rings. The van der Waals surface area contributed by atoms with Crippen molar-refractivity contribution in [1.82, 2.24) is 5.32 Å². The summed E-state index contributed by atoms with van der Waals surface area (Å²) in [4.78, 5) is 22.6. The first-order chi connectivity index (χ1) is 9.73. The molecule has 6 nitrogen and oxygen atoms in total. The number of halogens is 3. The molecular weight excluding hydrogens is 385 g/mol. The van der Waals surface area contributed by atoms with Gasteiger partial charge >= 0.3 is 6.16 Å². The molecule has 1 saturated heterocycles. The second-order valence-electron chi connectivity index (χ2n) is 3.90. The van der Waals surface area contributed by atoms with E-state index in [2.05, 4.69) is 10.1 Å². The van der Waals surface area contributed by atoms with Crippen molar-refractivity contribution >= 4 is 75.2 Å². The summed E-state index contributed by atoms with van der Waals surface area (Å²) in [6.07, 6.45) is -0.628. The van der Waals surface area contributed by atoms with E-state index in [0.717, 1.165) is 0 Å². The monoisotopic (exact) mass is 395 g/mol. The predicted octanol–water partition coefficient (Wildman–Crippen LogP) is 2.64. The number of nitrogens with one attached hydrogen (secondary N) is 1. The van der Waals surface area contributed by atoms with Crippen molar-refractivity contribution in [2.24, 2.45) is 5.92 Å². The highest BCUT2D eigenvalue weighted by Gasteiger charge is 2.40. The molecule has 120 valence electrons. The number of hydrogen-bond acceptors (Lipinski definition) is 7. The average molecular weight is 397 g/mol. The third-order valence-electron chi connectivity index (χ3n) is 2.38. The van der Waals surface area contributed by atoms with Crippen LogP contribution in [-0.4, -0.2) is 45.9 Å². The van der Waals surface area contributed by atoms with Crippen LogP contribution in [0.2, 0.25) is 0 Å². The van der Waals surface area contributed by atoms with Gasteiger partial charge in [-0.2, -0.15) is 0 Å². The van der Waals surface area contributed by atoms with Crippen LogP contribution in [0.1, 0.15) is 6.42 Å². The quantitative estimate of drug-likeness (QED) is 0.331. The summed E-state index contributed by atoms with van der Waals surface area (Å²) in [7, 11) is 1.45. The lowest BCUT2D eigenvalue weighted by atomic mass is 9.98. The zero-order valence-corrected chi connectivity index (χ0v) is 14.7. The topological polar surface area (TPSA) is 73.9 Å². The molecule has 0 unspecified atom stereocenters. The van der Waals surface area contributed by atoms with Crippen LogP contribution in [0.15, 0.2) is 0 Å². The molecule has 1 aliphatic rings. The number of β-lactam (4-membered cyclic amide) rings is 1. The van der Waals surface area contributed by atoms with E-state index in [4.69, 9.17) is 56.5 Å². The number of thioether (sulfide) groups is 1. The third-order valence-corrected chi connectivity index (χ3v) is 4.22. The number of alkyl halides is 3. The first-order valence-corrected chi connectivity index (χ1v) is 8.06. The van der Waals surface area contributed by atoms with Crippen LogP contribution in [0.4, 0.5) is 4.79 Å². The molecule has 0 aromatic carbocycles. The lowest BCUT2D eigenvalue weighted by molar-refractivity contribution is -0.133. The largest absolute Gasteiger partial charge is 0.508 e. The fourth-order valence-electron chi connectivity index (χ4n) is 1.39. The van der Waals surface area contributed by atoms with Crippen molar-refractivity contribution < 1.29 is 23.8 Å². The van der Waals surface area contributed by atoms with E-state index in [1.807, 2.05) is 0 Å². The number of hydrogen-bond donors (Lipinski definition) is 1. The molecule has 0 aromatic heterocycles. The number of carbonyl (C=O) groups is 2. The second-order valence-corrected chi connectivity index (χ2v) is 8.16. The first kappa shape index (κ1) is 18.9. The maximum atomic E-state index is 11.4. The lowest BCUT2D eigenvalue weighted by Gasteiger charge is -2.35. The fraction of sp³-hybridized carbons (Fsp3) is 0.700. The van der Waals surface area contributed by atoms with Crippen LogP contribution in [0.25, 0.3) is 0 Å². The SMILES string of the molecule is COC(=S)S[C@H]1NC(=O)[C@H]1CCOC(=O)OCC(Cl)(Cl)Cl. The zero-order chi connectivity index (χ0) is 16.0. The smallest absolute Gasteiger partial charge is 0.482 e. The normalized spacial score (nSPS) is 21.0. The number of amides is 1. The molecule has 1 heterocycles. The van der Waals surface area contributed by atoms with Crippen molar-refractivity contribution in [3.63, 3.8) is 0 Å². The van der Waals surface area contributed by atoms with E-state index < -0.39 is 16.6 Å². The van der Waals surface area contributed by atoms with Gasteiger partial charge in [0.25, 0.3) is 0 Å². The molecule has 0 bridgehead atoms. The van der Waals surface area contributed by atoms with E-state index in [1.54, 1.807) is 0 Å². The van der Waals surface area contributed by atoms with Crippen molar-refractivity contribution in [2.45, 2.75) is 15.6 Å². The molecule has 1 aliphatic heterocycles. The fourth-order valence-corrected chi connectivity index (χ4v) is 2.76. The summed E-state index contributed by atoms with van der Waals surface area (Å²) >= 11 is 22.4. The first-order valence-electron chi connectivity index (χ1n) is 5.64. The van der Waals surface area contributed by atoms with E-state index >= 15 is 0 Å². The Hall–Kier alpha value is -0.150. The Morgan fingerprint density at radius 2 is 2.10 bits per heavy atom. The highest BCUT2D eigenvalue weighted by atomic mass is 35.6. The Bertz CT molecular complexity index is 418. The van der Waals surface area contributed by atoms with Gasteiger partial charge < -0.3 is 19.5 Å². The molecule has 1 amide bonds. The maximum absolute atomic E-state index is 11.4. The van der Waals surface area contributed by atoms with E-state index in [0.29, 0.717) is 10.8 Å². The average Bonchev–Trinajstić information content (AvgIpc) is 2.39. The summed E-state index contributed by atoms with van der Waals surface area (Å²) in [6, 6.07) is 0. The van der Waals surface area contributed by atoms with Gasteiger partial charge in [0.05, 0.1) is 25.0 Å². The predicted molar refractivity (Wildman–Crippen MR) is 84.8 cm³/mol. The number of methoxy groups -OCH3 is 1. The van der Waals surface area contributed by atoms with E-state index in [1.165, 1.54) is 18.9 Å². The minimum atomic E-state index is -1.69. The standard InChI is InChI=1S/C10H12Cl3NO5S2/c1-17-9(20)21-7-5(6(15)14-7)2-3-18-8(16)19-4-10(11,12)13/h5,7H,2-4H2,1H3,(H,14,15)/t5-,7-/m1/s1. The van der Waals surface area contributed by atoms with Gasteiger partial charge in [0.15, 0.2) is 0 Å². The van der Waals surface area contributed by atoms with Gasteiger partial charge in [0.2, 0.25) is 14.1 Å². The lowest BCUT2D eigenvalue weighted by Crippen LogP contribution is -2.56. The van der Waals surface area contributed by atoms with Gasteiger partial charge in [-0.25, -0.2) is 4.79 Å². The molecule has 0 radical (unpaired) electrons. The molecule has 0 spiro atoms. The van der Waals surface area contributed by atoms with E-state index in [-0.39, 0.29) is 23.8 Å². The van der Waals surface area contributed by atoms with E-state index in [9.17, 15) is 9.59 Å². The van der Waals surface area contributed by atoms with Crippen molar-refractivity contribution in [3.8, 4) is 0 Å². The zero-order valence-electron chi connectivity index (χ0n) is 10.8. The molecule has 0 saturated carbocycles. The van der Waals surface area contributed by atoms with Gasteiger partial charge in [-0.1, -0.05) is 46.6 Å². The molecule has 1 N–H and O–H groups in total. The molecule has 0 aliphatic carbocycles. The van der Waals surface area contributed by atoms with Crippen LogP contribution in [0.3, 0.4) is 0 Å². The van der Waals surface area contributed by atoms with Gasteiger partial charge in [-0.3, -0.25) is 4.79 Å². The Kier molecular flexibility index (Phi) is 7.63. The minimum Gasteiger partial charge on any atom is -0.482 e. The number of carbonyl (C=O) groups excluding carboxylic acids is 2. The van der Waals surface area contributed by atoms with Crippen molar-refractivity contribution in [2.75, 3.05) is 20.3 Å². The Labute approximate surface area is 146 Å². The van der Waals surface area contributed by atoms with Crippen molar-refractivity contribution in [3.05, 3.63) is 0 Å². The maximum Gasteiger partial charge on any atom is 0.508 e. The Morgan fingerprint density at radius 1 is 1.43 bits per heavy atom. The van der Waals surface area contributed by atoms with Crippen LogP contribution in [0, 0.1) is 5.92 Å². The number of ether oxygens (including phenoxy) is 3. The minimum absolute atomic E-state index is 0.00752. The van der Waals surface area contributed by atoms with Gasteiger partial charge in [0.1, 0.15) is 6.61 Å². The highest BCUT2D eigenvalue weighted by molar-refractivity contribution is 8.23. The highest BCUT2D eigenvalue weighted by Crippen LogP contribution is 2.30.